The molecular weight excluding hydrogens is 269 g/mol. The van der Waals surface area contributed by atoms with Crippen molar-refractivity contribution in [1.29, 1.82) is 0 Å². The molecule has 5 nitrogen and oxygen atoms in total. The molecule has 0 saturated heterocycles. The summed E-state index contributed by atoms with van der Waals surface area (Å²) < 4.78 is 22.2. The summed E-state index contributed by atoms with van der Waals surface area (Å²) in [7, 11) is 3.32. The van der Waals surface area contributed by atoms with E-state index in [0.717, 1.165) is 5.69 Å². The largest absolute Gasteiger partial charge is 0.489 e. The topological polar surface area (TPSA) is 49.8 Å². The van der Waals surface area contributed by atoms with Gasteiger partial charge in [-0.1, -0.05) is 0 Å². The predicted molar refractivity (Wildman–Crippen MR) is 84.8 cm³/mol. The molecular formula is C15H26BNO4. The number of pyridine rings is 1. The SMILES string of the molecule is BOC(C)(C)C(C)(C)Oc1cnc(C)c(OCCOC)c1. The second kappa shape index (κ2) is 7.14. The number of nitrogens with zero attached hydrogens (tertiary/aromatic N) is 1. The number of methoxy groups -OCH3 is 1. The summed E-state index contributed by atoms with van der Waals surface area (Å²) in [6.07, 6.45) is 1.70. The highest BCUT2D eigenvalue weighted by atomic mass is 16.5. The van der Waals surface area contributed by atoms with Crippen LogP contribution in [0.5, 0.6) is 11.5 Å². The van der Waals surface area contributed by atoms with Gasteiger partial charge in [0.2, 0.25) is 0 Å². The fraction of sp³-hybridized carbons (Fsp3) is 0.667. The zero-order valence-electron chi connectivity index (χ0n) is 14.1. The minimum Gasteiger partial charge on any atom is -0.489 e. The van der Waals surface area contributed by atoms with Gasteiger partial charge in [-0.05, 0) is 34.6 Å². The molecule has 0 aliphatic rings. The summed E-state index contributed by atoms with van der Waals surface area (Å²) in [4.78, 5) is 4.32. The Morgan fingerprint density at radius 2 is 1.81 bits per heavy atom. The first-order chi connectivity index (χ1) is 9.73. The monoisotopic (exact) mass is 295 g/mol. The van der Waals surface area contributed by atoms with Gasteiger partial charge in [0.15, 0.2) is 0 Å². The van der Waals surface area contributed by atoms with Crippen LogP contribution in [0.15, 0.2) is 12.3 Å². The van der Waals surface area contributed by atoms with Crippen LogP contribution >= 0.6 is 0 Å². The minimum absolute atomic E-state index is 0.436. The van der Waals surface area contributed by atoms with Gasteiger partial charge >= 0.3 is 0 Å². The molecule has 21 heavy (non-hydrogen) atoms. The van der Waals surface area contributed by atoms with E-state index in [-0.39, 0.29) is 0 Å². The molecule has 0 unspecified atom stereocenters. The average Bonchev–Trinajstić information content (AvgIpc) is 2.42. The lowest BCUT2D eigenvalue weighted by Gasteiger charge is -2.41. The molecule has 118 valence electrons. The average molecular weight is 295 g/mol. The van der Waals surface area contributed by atoms with E-state index in [9.17, 15) is 0 Å². The number of rotatable bonds is 8. The first-order valence-electron chi connectivity index (χ1n) is 7.06. The van der Waals surface area contributed by atoms with Crippen molar-refractivity contribution in [2.75, 3.05) is 20.3 Å². The van der Waals surface area contributed by atoms with E-state index in [1.165, 1.54) is 0 Å². The lowest BCUT2D eigenvalue weighted by molar-refractivity contribution is -0.0700. The molecule has 0 N–H and O–H groups in total. The van der Waals surface area contributed by atoms with Crippen LogP contribution in [0.3, 0.4) is 0 Å². The van der Waals surface area contributed by atoms with Crippen LogP contribution in [0, 0.1) is 6.92 Å². The molecule has 1 aromatic rings. The van der Waals surface area contributed by atoms with E-state index < -0.39 is 11.2 Å². The standard InChI is InChI=1S/C15H26BNO4/c1-11-13(19-8-7-18-6)9-12(10-17-11)20-14(2,3)15(4,5)21-16/h9-10H,7-8,16H2,1-6H3. The molecule has 0 aromatic carbocycles. The molecule has 1 aromatic heterocycles. The van der Waals surface area contributed by atoms with Crippen LogP contribution in [0.25, 0.3) is 0 Å². The summed E-state index contributed by atoms with van der Waals surface area (Å²) in [5.41, 5.74) is -0.125. The first-order valence-corrected chi connectivity index (χ1v) is 7.06. The third-order valence-corrected chi connectivity index (χ3v) is 3.89. The third kappa shape index (κ3) is 4.61. The Morgan fingerprint density at radius 3 is 2.38 bits per heavy atom. The van der Waals surface area contributed by atoms with E-state index in [0.29, 0.717) is 24.7 Å². The fourth-order valence-electron chi connectivity index (χ4n) is 1.60. The Hall–Kier alpha value is -1.27. The maximum Gasteiger partial charge on any atom is 0.258 e. The van der Waals surface area contributed by atoms with Gasteiger partial charge in [0, 0.05) is 13.2 Å². The van der Waals surface area contributed by atoms with Gasteiger partial charge in [-0.15, -0.1) is 0 Å². The maximum absolute atomic E-state index is 6.06. The zero-order valence-corrected chi connectivity index (χ0v) is 14.1. The highest BCUT2D eigenvalue weighted by molar-refractivity contribution is 5.98. The van der Waals surface area contributed by atoms with Crippen molar-refractivity contribution in [3.8, 4) is 11.5 Å². The summed E-state index contributed by atoms with van der Waals surface area (Å²) in [6, 6.07) is 1.85. The lowest BCUT2D eigenvalue weighted by atomic mass is 9.88. The summed E-state index contributed by atoms with van der Waals surface area (Å²) in [6.45, 7) is 10.9. The molecule has 0 atom stereocenters. The highest BCUT2D eigenvalue weighted by Gasteiger charge is 2.39. The second-order valence-electron chi connectivity index (χ2n) is 5.92. The normalized spacial score (nSPS) is 12.3. The van der Waals surface area contributed by atoms with E-state index in [2.05, 4.69) is 4.98 Å². The molecule has 0 fully saturated rings. The van der Waals surface area contributed by atoms with E-state index in [1.807, 2.05) is 40.7 Å². The molecule has 6 heteroatoms. The summed E-state index contributed by atoms with van der Waals surface area (Å²) in [5, 5.41) is 0. The smallest absolute Gasteiger partial charge is 0.258 e. The molecule has 0 radical (unpaired) electrons. The van der Waals surface area contributed by atoms with Crippen LogP contribution in [0.4, 0.5) is 0 Å². The first kappa shape index (κ1) is 17.8. The van der Waals surface area contributed by atoms with Gasteiger partial charge in [0.05, 0.1) is 24.1 Å². The van der Waals surface area contributed by atoms with Gasteiger partial charge in [-0.3, -0.25) is 4.98 Å². The van der Waals surface area contributed by atoms with Crippen LogP contribution in [-0.2, 0) is 9.39 Å². The van der Waals surface area contributed by atoms with Crippen molar-refractivity contribution in [2.24, 2.45) is 0 Å². The van der Waals surface area contributed by atoms with Gasteiger partial charge < -0.3 is 18.9 Å². The van der Waals surface area contributed by atoms with Crippen molar-refractivity contribution in [3.05, 3.63) is 18.0 Å². The third-order valence-electron chi connectivity index (χ3n) is 3.89. The van der Waals surface area contributed by atoms with Gasteiger partial charge in [0.25, 0.3) is 8.05 Å². The van der Waals surface area contributed by atoms with Crippen LogP contribution in [0.2, 0.25) is 0 Å². The van der Waals surface area contributed by atoms with E-state index in [1.54, 1.807) is 21.4 Å². The Balaban J connectivity index is 2.87. The Morgan fingerprint density at radius 1 is 1.14 bits per heavy atom. The number of aromatic nitrogens is 1. The predicted octanol–water partition coefficient (Wildman–Crippen LogP) is 1.92. The Bertz CT molecular complexity index is 463. The number of ether oxygens (including phenoxy) is 3. The van der Waals surface area contributed by atoms with Gasteiger partial charge in [0.1, 0.15) is 23.7 Å². The number of hydrogen-bond donors (Lipinski definition) is 0. The lowest BCUT2D eigenvalue weighted by Crippen LogP contribution is -2.51. The Kier molecular flexibility index (Phi) is 6.04. The highest BCUT2D eigenvalue weighted by Crippen LogP contribution is 2.32. The Labute approximate surface area is 128 Å². The van der Waals surface area contributed by atoms with E-state index in [4.69, 9.17) is 18.9 Å². The maximum atomic E-state index is 6.06. The molecule has 0 aliphatic heterocycles. The zero-order chi connectivity index (χ0) is 16.1. The molecule has 0 bridgehead atoms. The van der Waals surface area contributed by atoms with Gasteiger partial charge in [-0.2, -0.15) is 0 Å². The summed E-state index contributed by atoms with van der Waals surface area (Å²) >= 11 is 0. The minimum atomic E-state index is -0.511. The molecule has 1 rings (SSSR count). The molecule has 0 amide bonds. The second-order valence-corrected chi connectivity index (χ2v) is 5.92. The number of aryl methyl sites for hydroxylation is 1. The molecule has 1 heterocycles. The summed E-state index contributed by atoms with van der Waals surface area (Å²) in [5.74, 6) is 1.36. The fourth-order valence-corrected chi connectivity index (χ4v) is 1.60. The number of hydrogen-bond acceptors (Lipinski definition) is 5. The van der Waals surface area contributed by atoms with Crippen LogP contribution < -0.4 is 9.47 Å². The van der Waals surface area contributed by atoms with Crippen molar-refractivity contribution >= 4 is 8.05 Å². The van der Waals surface area contributed by atoms with Crippen LogP contribution in [0.1, 0.15) is 33.4 Å². The van der Waals surface area contributed by atoms with Crippen LogP contribution in [-0.4, -0.2) is 44.6 Å². The van der Waals surface area contributed by atoms with E-state index >= 15 is 0 Å². The van der Waals surface area contributed by atoms with Crippen molar-refractivity contribution in [3.63, 3.8) is 0 Å². The van der Waals surface area contributed by atoms with Crippen molar-refractivity contribution in [2.45, 2.75) is 45.8 Å². The quantitative estimate of drug-likeness (QED) is 0.541. The molecule has 0 saturated carbocycles. The van der Waals surface area contributed by atoms with Gasteiger partial charge in [-0.25, -0.2) is 0 Å². The van der Waals surface area contributed by atoms with Crippen molar-refractivity contribution < 1.29 is 18.9 Å². The van der Waals surface area contributed by atoms with Crippen molar-refractivity contribution in [1.82, 2.24) is 4.98 Å². The molecule has 0 spiro atoms. The molecule has 0 aliphatic carbocycles.